The van der Waals surface area contributed by atoms with E-state index in [1.54, 1.807) is 11.3 Å². The summed E-state index contributed by atoms with van der Waals surface area (Å²) >= 11 is 1.68. The second-order valence-electron chi connectivity index (χ2n) is 6.97. The lowest BCUT2D eigenvalue weighted by atomic mass is 10.1. The van der Waals surface area contributed by atoms with Crippen LogP contribution in [-0.2, 0) is 24.3 Å². The molecule has 0 radical (unpaired) electrons. The first-order chi connectivity index (χ1) is 13.6. The smallest absolute Gasteiger partial charge is 0.222 e. The summed E-state index contributed by atoms with van der Waals surface area (Å²) in [4.78, 5) is 23.0. The molecule has 1 aliphatic heterocycles. The number of thiazole rings is 1. The van der Waals surface area contributed by atoms with Crippen LogP contribution in [0.4, 0.5) is 0 Å². The van der Waals surface area contributed by atoms with Crippen molar-refractivity contribution in [2.24, 2.45) is 4.99 Å². The number of aliphatic imine (C=N–C) groups is 1. The number of aromatic nitrogens is 1. The minimum absolute atomic E-state index is 0. The highest BCUT2D eigenvalue weighted by molar-refractivity contribution is 14.0. The number of guanidine groups is 1. The molecule has 8 heteroatoms. The molecule has 0 atom stereocenters. The Morgan fingerprint density at radius 1 is 1.31 bits per heavy atom. The summed E-state index contributed by atoms with van der Waals surface area (Å²) in [6.07, 6.45) is 2.54. The van der Waals surface area contributed by atoms with Crippen LogP contribution in [0.2, 0.25) is 0 Å². The number of halogens is 1. The van der Waals surface area contributed by atoms with Crippen LogP contribution in [0, 0.1) is 6.92 Å². The molecule has 1 aliphatic rings. The SMILES string of the molecule is CCNC(=NCc1cccc(CN2CCCC2=O)c1)NCCc1csc(C)n1.I. The predicted molar refractivity (Wildman–Crippen MR) is 130 cm³/mol. The van der Waals surface area contributed by atoms with Crippen molar-refractivity contribution >= 4 is 47.2 Å². The number of carbonyl (C=O) groups is 1. The molecule has 0 unspecified atom stereocenters. The van der Waals surface area contributed by atoms with E-state index < -0.39 is 0 Å². The molecular weight excluding hydrogens is 497 g/mol. The number of likely N-dealkylation sites (tertiary alicyclic amines) is 1. The summed E-state index contributed by atoms with van der Waals surface area (Å²) in [5.74, 6) is 1.08. The van der Waals surface area contributed by atoms with E-state index >= 15 is 0 Å². The number of hydrogen-bond acceptors (Lipinski definition) is 4. The van der Waals surface area contributed by atoms with Crippen molar-refractivity contribution < 1.29 is 4.79 Å². The van der Waals surface area contributed by atoms with Crippen LogP contribution in [0.1, 0.15) is 41.6 Å². The maximum atomic E-state index is 11.8. The highest BCUT2D eigenvalue weighted by Gasteiger charge is 2.19. The third-order valence-corrected chi connectivity index (χ3v) is 5.46. The number of aryl methyl sites for hydroxylation is 1. The fourth-order valence-corrected chi connectivity index (χ4v) is 3.91. The molecule has 1 aromatic heterocycles. The monoisotopic (exact) mass is 527 g/mol. The van der Waals surface area contributed by atoms with Crippen molar-refractivity contribution in [2.45, 2.75) is 46.2 Å². The molecule has 1 fully saturated rings. The summed E-state index contributed by atoms with van der Waals surface area (Å²) < 4.78 is 0. The van der Waals surface area contributed by atoms with E-state index in [9.17, 15) is 4.79 Å². The first-order valence-corrected chi connectivity index (χ1v) is 10.8. The summed E-state index contributed by atoms with van der Waals surface area (Å²) in [5, 5.41) is 9.88. The molecule has 1 amide bonds. The Morgan fingerprint density at radius 2 is 2.14 bits per heavy atom. The van der Waals surface area contributed by atoms with Crippen LogP contribution in [0.25, 0.3) is 0 Å². The second kappa shape index (κ2) is 12.1. The predicted octanol–water partition coefficient (Wildman–Crippen LogP) is 3.49. The van der Waals surface area contributed by atoms with Gasteiger partial charge >= 0.3 is 0 Å². The van der Waals surface area contributed by atoms with Crippen molar-refractivity contribution in [3.05, 3.63) is 51.5 Å². The number of benzene rings is 1. The molecule has 2 heterocycles. The Bertz CT molecular complexity index is 823. The lowest BCUT2D eigenvalue weighted by Gasteiger charge is -2.16. The topological polar surface area (TPSA) is 69.6 Å². The lowest BCUT2D eigenvalue weighted by Crippen LogP contribution is -2.38. The molecule has 0 spiro atoms. The average Bonchev–Trinajstić information content (AvgIpc) is 3.28. The number of nitrogens with one attached hydrogen (secondary N) is 2. The number of carbonyl (C=O) groups excluding carboxylic acids is 1. The largest absolute Gasteiger partial charge is 0.357 e. The lowest BCUT2D eigenvalue weighted by molar-refractivity contribution is -0.128. The first-order valence-electron chi connectivity index (χ1n) is 9.93. The molecule has 0 saturated carbocycles. The zero-order chi connectivity index (χ0) is 19.8. The van der Waals surface area contributed by atoms with Crippen LogP contribution in [-0.4, -0.2) is 41.4 Å². The third-order valence-electron chi connectivity index (χ3n) is 4.64. The Labute approximate surface area is 194 Å². The van der Waals surface area contributed by atoms with E-state index in [1.807, 2.05) is 17.9 Å². The van der Waals surface area contributed by atoms with Crippen molar-refractivity contribution in [3.63, 3.8) is 0 Å². The van der Waals surface area contributed by atoms with Crippen LogP contribution >= 0.6 is 35.3 Å². The fourth-order valence-electron chi connectivity index (χ4n) is 3.26. The maximum absolute atomic E-state index is 11.8. The van der Waals surface area contributed by atoms with Gasteiger partial charge in [0.05, 0.1) is 17.2 Å². The van der Waals surface area contributed by atoms with E-state index in [4.69, 9.17) is 4.99 Å². The van der Waals surface area contributed by atoms with Crippen molar-refractivity contribution in [3.8, 4) is 0 Å². The van der Waals surface area contributed by atoms with E-state index in [2.05, 4.69) is 46.1 Å². The Balaban J connectivity index is 0.00000300. The molecule has 2 N–H and O–H groups in total. The van der Waals surface area contributed by atoms with Crippen LogP contribution in [0.3, 0.4) is 0 Å². The highest BCUT2D eigenvalue weighted by Crippen LogP contribution is 2.15. The van der Waals surface area contributed by atoms with E-state index in [0.717, 1.165) is 54.7 Å². The molecule has 0 aliphatic carbocycles. The van der Waals surface area contributed by atoms with Gasteiger partial charge in [-0.3, -0.25) is 4.79 Å². The quantitative estimate of drug-likeness (QED) is 0.314. The van der Waals surface area contributed by atoms with E-state index in [1.165, 1.54) is 5.56 Å². The number of hydrogen-bond donors (Lipinski definition) is 2. The second-order valence-corrected chi connectivity index (χ2v) is 8.03. The van der Waals surface area contributed by atoms with Crippen molar-refractivity contribution in [1.29, 1.82) is 0 Å². The first kappa shape index (κ1) is 23.6. The van der Waals surface area contributed by atoms with Gasteiger partial charge in [-0.1, -0.05) is 24.3 Å². The Hall–Kier alpha value is -1.68. The van der Waals surface area contributed by atoms with Gasteiger partial charge in [0.25, 0.3) is 0 Å². The summed E-state index contributed by atoms with van der Waals surface area (Å²) in [5.41, 5.74) is 3.44. The maximum Gasteiger partial charge on any atom is 0.222 e. The zero-order valence-electron chi connectivity index (χ0n) is 17.1. The summed E-state index contributed by atoms with van der Waals surface area (Å²) in [6.45, 7) is 7.88. The summed E-state index contributed by atoms with van der Waals surface area (Å²) in [7, 11) is 0. The molecule has 29 heavy (non-hydrogen) atoms. The fraction of sp³-hybridized carbons (Fsp3) is 0.476. The van der Waals surface area contributed by atoms with Gasteiger partial charge in [0, 0.05) is 44.4 Å². The van der Waals surface area contributed by atoms with Crippen LogP contribution < -0.4 is 10.6 Å². The van der Waals surface area contributed by atoms with Crippen LogP contribution in [0.5, 0.6) is 0 Å². The van der Waals surface area contributed by atoms with Gasteiger partial charge in [0.15, 0.2) is 5.96 Å². The Morgan fingerprint density at radius 3 is 2.83 bits per heavy atom. The molecule has 1 saturated heterocycles. The van der Waals surface area contributed by atoms with Crippen molar-refractivity contribution in [1.82, 2.24) is 20.5 Å². The van der Waals surface area contributed by atoms with Crippen molar-refractivity contribution in [2.75, 3.05) is 19.6 Å². The minimum Gasteiger partial charge on any atom is -0.357 e. The standard InChI is InChI=1S/C21H29N5OS.HI/c1-3-22-21(23-10-9-19-15-28-16(2)25-19)24-13-17-6-4-7-18(12-17)14-26-11-5-8-20(26)27;/h4,6-7,12,15H,3,5,8-11,13-14H2,1-2H3,(H2,22,23,24);1H. The molecule has 6 nitrogen and oxygen atoms in total. The molecule has 0 bridgehead atoms. The average molecular weight is 527 g/mol. The van der Waals surface area contributed by atoms with Gasteiger partial charge in [-0.25, -0.2) is 9.98 Å². The minimum atomic E-state index is 0. The zero-order valence-corrected chi connectivity index (χ0v) is 20.3. The molecule has 1 aromatic carbocycles. The normalized spacial score (nSPS) is 14.1. The molecule has 158 valence electrons. The van der Waals surface area contributed by atoms with Gasteiger partial charge in [0.2, 0.25) is 5.91 Å². The van der Waals surface area contributed by atoms with E-state index in [0.29, 0.717) is 19.5 Å². The van der Waals surface area contributed by atoms with Gasteiger partial charge in [-0.05, 0) is 31.4 Å². The van der Waals surface area contributed by atoms with Gasteiger partial charge < -0.3 is 15.5 Å². The number of amides is 1. The summed E-state index contributed by atoms with van der Waals surface area (Å²) in [6, 6.07) is 8.36. The number of rotatable bonds is 8. The Kier molecular flexibility index (Phi) is 9.86. The van der Waals surface area contributed by atoms with Gasteiger partial charge in [-0.2, -0.15) is 0 Å². The van der Waals surface area contributed by atoms with E-state index in [-0.39, 0.29) is 29.9 Å². The van der Waals surface area contributed by atoms with Crippen LogP contribution in [0.15, 0.2) is 34.6 Å². The molecular formula is C21H30IN5OS. The van der Waals surface area contributed by atoms with Gasteiger partial charge in [-0.15, -0.1) is 35.3 Å². The third kappa shape index (κ3) is 7.58. The highest BCUT2D eigenvalue weighted by atomic mass is 127. The number of nitrogens with zero attached hydrogens (tertiary/aromatic N) is 3. The molecule has 3 rings (SSSR count). The van der Waals surface area contributed by atoms with Gasteiger partial charge in [0.1, 0.15) is 0 Å². The molecule has 2 aromatic rings.